The van der Waals surface area contributed by atoms with E-state index in [4.69, 9.17) is 0 Å². The summed E-state index contributed by atoms with van der Waals surface area (Å²) in [7, 11) is 0. The van der Waals surface area contributed by atoms with Gasteiger partial charge in [-0.05, 0) is 59.0 Å². The molecule has 2 aromatic rings. The average Bonchev–Trinajstić information content (AvgIpc) is 2.92. The molecular formula is C17H23NS2. The summed E-state index contributed by atoms with van der Waals surface area (Å²) in [5, 5.41) is 7.90. The van der Waals surface area contributed by atoms with Gasteiger partial charge in [-0.2, -0.15) is 11.3 Å². The maximum atomic E-state index is 3.50. The number of thioether (sulfide) groups is 1. The van der Waals surface area contributed by atoms with Crippen LogP contribution in [-0.4, -0.2) is 12.3 Å². The quantitative estimate of drug-likeness (QED) is 0.701. The molecule has 0 aliphatic heterocycles. The second-order valence-electron chi connectivity index (χ2n) is 5.40. The number of hydrogen-bond acceptors (Lipinski definition) is 3. The molecular weight excluding hydrogens is 282 g/mol. The van der Waals surface area contributed by atoms with Gasteiger partial charge in [0.25, 0.3) is 0 Å². The minimum Gasteiger partial charge on any atom is -0.312 e. The van der Waals surface area contributed by atoms with Crippen LogP contribution in [0.3, 0.4) is 0 Å². The standard InChI is InChI=1S/C17H23NS2/c1-14(2)11-18-12-16-4-3-5-17(10-16)20-9-7-15-6-8-19-13-15/h3-6,8,10,13-14,18H,7,9,11-12H2,1-2H3. The lowest BCUT2D eigenvalue weighted by Crippen LogP contribution is -2.18. The smallest absolute Gasteiger partial charge is 0.0206 e. The van der Waals surface area contributed by atoms with Crippen LogP contribution in [0.2, 0.25) is 0 Å². The highest BCUT2D eigenvalue weighted by Gasteiger charge is 1.99. The molecule has 0 saturated heterocycles. The van der Waals surface area contributed by atoms with E-state index in [0.29, 0.717) is 5.92 Å². The van der Waals surface area contributed by atoms with Crippen molar-refractivity contribution in [3.63, 3.8) is 0 Å². The van der Waals surface area contributed by atoms with Crippen LogP contribution in [0.5, 0.6) is 0 Å². The zero-order valence-electron chi connectivity index (χ0n) is 12.3. The number of aryl methyl sites for hydroxylation is 1. The van der Waals surface area contributed by atoms with Gasteiger partial charge in [-0.3, -0.25) is 0 Å². The average molecular weight is 306 g/mol. The minimum absolute atomic E-state index is 0.707. The topological polar surface area (TPSA) is 12.0 Å². The normalized spacial score (nSPS) is 11.2. The van der Waals surface area contributed by atoms with Gasteiger partial charge in [0, 0.05) is 17.2 Å². The molecule has 108 valence electrons. The summed E-state index contributed by atoms with van der Waals surface area (Å²) < 4.78 is 0. The van der Waals surface area contributed by atoms with E-state index in [2.05, 4.69) is 60.3 Å². The third kappa shape index (κ3) is 5.70. The lowest BCUT2D eigenvalue weighted by atomic mass is 10.2. The van der Waals surface area contributed by atoms with Gasteiger partial charge < -0.3 is 5.32 Å². The van der Waals surface area contributed by atoms with Crippen LogP contribution in [0.1, 0.15) is 25.0 Å². The first-order valence-corrected chi connectivity index (χ1v) is 9.10. The van der Waals surface area contributed by atoms with Gasteiger partial charge >= 0.3 is 0 Å². The molecule has 0 aliphatic carbocycles. The van der Waals surface area contributed by atoms with Crippen molar-refractivity contribution in [1.82, 2.24) is 5.32 Å². The van der Waals surface area contributed by atoms with E-state index < -0.39 is 0 Å². The Morgan fingerprint density at radius 2 is 2.10 bits per heavy atom. The molecule has 20 heavy (non-hydrogen) atoms. The predicted octanol–water partition coefficient (Wildman–Crippen LogP) is 4.83. The highest BCUT2D eigenvalue weighted by molar-refractivity contribution is 7.99. The zero-order chi connectivity index (χ0) is 14.2. The highest BCUT2D eigenvalue weighted by atomic mass is 32.2. The fourth-order valence-corrected chi connectivity index (χ4v) is 3.66. The fourth-order valence-electron chi connectivity index (χ4n) is 1.97. The van der Waals surface area contributed by atoms with Crippen molar-refractivity contribution in [1.29, 1.82) is 0 Å². The molecule has 0 unspecified atom stereocenters. The number of thiophene rings is 1. The molecule has 1 aromatic heterocycles. The van der Waals surface area contributed by atoms with Crippen LogP contribution in [0.25, 0.3) is 0 Å². The molecule has 0 aliphatic rings. The SMILES string of the molecule is CC(C)CNCc1cccc(SCCc2ccsc2)c1. The first-order chi connectivity index (χ1) is 9.74. The lowest BCUT2D eigenvalue weighted by molar-refractivity contribution is 0.552. The summed E-state index contributed by atoms with van der Waals surface area (Å²) in [5.41, 5.74) is 2.84. The maximum Gasteiger partial charge on any atom is 0.0206 e. The van der Waals surface area contributed by atoms with Crippen molar-refractivity contribution >= 4 is 23.1 Å². The lowest BCUT2D eigenvalue weighted by Gasteiger charge is -2.08. The van der Waals surface area contributed by atoms with Crippen molar-refractivity contribution in [2.75, 3.05) is 12.3 Å². The maximum absolute atomic E-state index is 3.50. The molecule has 0 amide bonds. The van der Waals surface area contributed by atoms with Crippen LogP contribution in [0, 0.1) is 5.92 Å². The molecule has 0 radical (unpaired) electrons. The van der Waals surface area contributed by atoms with Crippen LogP contribution in [0.4, 0.5) is 0 Å². The van der Waals surface area contributed by atoms with Gasteiger partial charge in [-0.25, -0.2) is 0 Å². The van der Waals surface area contributed by atoms with Crippen LogP contribution in [-0.2, 0) is 13.0 Å². The molecule has 0 atom stereocenters. The Labute approximate surface area is 130 Å². The Morgan fingerprint density at radius 3 is 2.85 bits per heavy atom. The van der Waals surface area contributed by atoms with Crippen molar-refractivity contribution in [2.45, 2.75) is 31.7 Å². The second kappa shape index (κ2) is 8.50. The largest absolute Gasteiger partial charge is 0.312 e. The molecule has 1 nitrogen and oxygen atoms in total. The van der Waals surface area contributed by atoms with E-state index in [9.17, 15) is 0 Å². The Kier molecular flexibility index (Phi) is 6.64. The molecule has 1 aromatic carbocycles. The first kappa shape index (κ1) is 15.6. The molecule has 2 rings (SSSR count). The van der Waals surface area contributed by atoms with Crippen molar-refractivity contribution in [2.24, 2.45) is 5.92 Å². The van der Waals surface area contributed by atoms with E-state index in [-0.39, 0.29) is 0 Å². The van der Waals surface area contributed by atoms with Crippen LogP contribution < -0.4 is 5.32 Å². The Balaban J connectivity index is 1.77. The Morgan fingerprint density at radius 1 is 1.20 bits per heavy atom. The van der Waals surface area contributed by atoms with Gasteiger partial charge in [-0.15, -0.1) is 11.8 Å². The van der Waals surface area contributed by atoms with Gasteiger partial charge in [0.15, 0.2) is 0 Å². The Hall–Kier alpha value is -0.770. The second-order valence-corrected chi connectivity index (χ2v) is 7.35. The van der Waals surface area contributed by atoms with Crippen LogP contribution >= 0.6 is 23.1 Å². The van der Waals surface area contributed by atoms with Gasteiger partial charge in [0.1, 0.15) is 0 Å². The number of hydrogen-bond donors (Lipinski definition) is 1. The number of benzene rings is 1. The van der Waals surface area contributed by atoms with Crippen molar-refractivity contribution < 1.29 is 0 Å². The zero-order valence-corrected chi connectivity index (χ0v) is 13.9. The molecule has 0 saturated carbocycles. The Bertz CT molecular complexity index is 491. The third-order valence-corrected chi connectivity index (χ3v) is 4.75. The molecule has 0 spiro atoms. The highest BCUT2D eigenvalue weighted by Crippen LogP contribution is 2.21. The van der Waals surface area contributed by atoms with Gasteiger partial charge in [0.05, 0.1) is 0 Å². The third-order valence-electron chi connectivity index (χ3n) is 3.02. The molecule has 3 heteroatoms. The summed E-state index contributed by atoms with van der Waals surface area (Å²) in [6, 6.07) is 11.1. The summed E-state index contributed by atoms with van der Waals surface area (Å²) in [6.07, 6.45) is 1.16. The predicted molar refractivity (Wildman–Crippen MR) is 91.7 cm³/mol. The minimum atomic E-state index is 0.707. The summed E-state index contributed by atoms with van der Waals surface area (Å²) in [4.78, 5) is 1.38. The van der Waals surface area contributed by atoms with Gasteiger partial charge in [0.2, 0.25) is 0 Å². The van der Waals surface area contributed by atoms with Gasteiger partial charge in [-0.1, -0.05) is 26.0 Å². The summed E-state index contributed by atoms with van der Waals surface area (Å²) >= 11 is 3.73. The number of nitrogens with one attached hydrogen (secondary N) is 1. The summed E-state index contributed by atoms with van der Waals surface area (Å²) in [6.45, 7) is 6.53. The van der Waals surface area contributed by atoms with Crippen molar-refractivity contribution in [3.05, 3.63) is 52.2 Å². The van der Waals surface area contributed by atoms with E-state index >= 15 is 0 Å². The van der Waals surface area contributed by atoms with E-state index in [0.717, 1.165) is 25.3 Å². The molecule has 0 fully saturated rings. The number of rotatable bonds is 8. The van der Waals surface area contributed by atoms with E-state index in [1.165, 1.54) is 16.0 Å². The van der Waals surface area contributed by atoms with Crippen LogP contribution in [0.15, 0.2) is 46.0 Å². The van der Waals surface area contributed by atoms with E-state index in [1.807, 2.05) is 11.8 Å². The van der Waals surface area contributed by atoms with Crippen molar-refractivity contribution in [3.8, 4) is 0 Å². The molecule has 1 heterocycles. The fraction of sp³-hybridized carbons (Fsp3) is 0.412. The van der Waals surface area contributed by atoms with E-state index in [1.54, 1.807) is 11.3 Å². The monoisotopic (exact) mass is 305 g/mol. The molecule has 0 bridgehead atoms. The first-order valence-electron chi connectivity index (χ1n) is 7.17. The molecule has 1 N–H and O–H groups in total. The summed E-state index contributed by atoms with van der Waals surface area (Å²) in [5.74, 6) is 1.86.